The van der Waals surface area contributed by atoms with Gasteiger partial charge >= 0.3 is 0 Å². The van der Waals surface area contributed by atoms with Gasteiger partial charge in [-0.15, -0.1) is 0 Å². The maximum atomic E-state index is 13.9. The maximum absolute atomic E-state index is 13.9. The summed E-state index contributed by atoms with van der Waals surface area (Å²) < 4.78 is 28.4. The summed E-state index contributed by atoms with van der Waals surface area (Å²) in [6.07, 6.45) is 0.769. The largest absolute Gasteiger partial charge is 0.376 e. The van der Waals surface area contributed by atoms with Gasteiger partial charge in [0.05, 0.1) is 11.7 Å². The molecule has 0 aliphatic rings. The van der Waals surface area contributed by atoms with Crippen LogP contribution in [-0.2, 0) is 0 Å². The third-order valence-electron chi connectivity index (χ3n) is 3.24. The maximum Gasteiger partial charge on any atom is 0.146 e. The van der Waals surface area contributed by atoms with Gasteiger partial charge in [0.15, 0.2) is 0 Å². The Kier molecular flexibility index (Phi) is 4.76. The molecule has 0 aromatic heterocycles. The van der Waals surface area contributed by atoms with E-state index in [-0.39, 0.29) is 11.7 Å². The summed E-state index contributed by atoms with van der Waals surface area (Å²) in [6, 6.07) is 10.2. The summed E-state index contributed by atoms with van der Waals surface area (Å²) in [5.41, 5.74) is 1.53. The van der Waals surface area contributed by atoms with E-state index in [2.05, 4.69) is 21.2 Å². The van der Waals surface area contributed by atoms with Crippen LogP contribution in [0.25, 0.3) is 0 Å². The second-order valence-electron chi connectivity index (χ2n) is 4.74. The van der Waals surface area contributed by atoms with Crippen LogP contribution in [0.1, 0.15) is 30.5 Å². The van der Waals surface area contributed by atoms with Crippen LogP contribution < -0.4 is 5.32 Å². The highest BCUT2D eigenvalue weighted by Crippen LogP contribution is 2.27. The minimum Gasteiger partial charge on any atom is -0.376 e. The molecule has 0 saturated heterocycles. The number of benzene rings is 2. The van der Waals surface area contributed by atoms with Crippen molar-refractivity contribution in [2.45, 2.75) is 26.3 Å². The molecule has 0 spiro atoms. The minimum atomic E-state index is -0.433. The summed E-state index contributed by atoms with van der Waals surface area (Å²) in [5, 5.41) is 3.07. The molecule has 0 saturated carbocycles. The summed E-state index contributed by atoms with van der Waals surface area (Å²) in [4.78, 5) is 0. The highest BCUT2D eigenvalue weighted by atomic mass is 79.9. The van der Waals surface area contributed by atoms with Crippen molar-refractivity contribution in [2.75, 3.05) is 5.32 Å². The first-order chi connectivity index (χ1) is 9.51. The molecule has 1 atom stereocenters. The Hall–Kier alpha value is -1.42. The number of hydrogen-bond acceptors (Lipinski definition) is 1. The fourth-order valence-electron chi connectivity index (χ4n) is 2.09. The van der Waals surface area contributed by atoms with E-state index in [0.717, 1.165) is 16.5 Å². The molecule has 4 heteroatoms. The lowest BCUT2D eigenvalue weighted by molar-refractivity contribution is 0.591. The first-order valence-electron chi connectivity index (χ1n) is 6.49. The molecule has 0 aliphatic heterocycles. The molecule has 0 aliphatic carbocycles. The zero-order valence-electron chi connectivity index (χ0n) is 11.4. The van der Waals surface area contributed by atoms with Crippen molar-refractivity contribution in [3.05, 3.63) is 63.6 Å². The van der Waals surface area contributed by atoms with Crippen molar-refractivity contribution in [1.29, 1.82) is 0 Å². The van der Waals surface area contributed by atoms with Gasteiger partial charge in [0, 0.05) is 10.5 Å². The molecule has 0 fully saturated rings. The van der Waals surface area contributed by atoms with Gasteiger partial charge in [-0.25, -0.2) is 8.78 Å². The molecule has 1 N–H and O–H groups in total. The van der Waals surface area contributed by atoms with Crippen LogP contribution in [0.2, 0.25) is 0 Å². The van der Waals surface area contributed by atoms with Gasteiger partial charge in [-0.2, -0.15) is 0 Å². The topological polar surface area (TPSA) is 12.0 Å². The molecule has 2 aromatic rings. The zero-order chi connectivity index (χ0) is 14.7. The Bertz CT molecular complexity index is 613. The predicted octanol–water partition coefficient (Wildman–Crippen LogP) is 5.60. The molecule has 0 amide bonds. The van der Waals surface area contributed by atoms with Gasteiger partial charge in [-0.1, -0.05) is 35.0 Å². The fraction of sp³-hybridized carbons (Fsp3) is 0.250. The van der Waals surface area contributed by atoms with Crippen LogP contribution in [0.3, 0.4) is 0 Å². The van der Waals surface area contributed by atoms with Crippen LogP contribution in [0.15, 0.2) is 40.9 Å². The van der Waals surface area contributed by atoms with Crippen molar-refractivity contribution < 1.29 is 8.78 Å². The number of hydrogen-bond donors (Lipinski definition) is 1. The van der Waals surface area contributed by atoms with Gasteiger partial charge in [0.1, 0.15) is 11.6 Å². The highest BCUT2D eigenvalue weighted by Gasteiger charge is 2.13. The quantitative estimate of drug-likeness (QED) is 0.764. The number of rotatable bonds is 4. The Morgan fingerprint density at radius 3 is 2.55 bits per heavy atom. The van der Waals surface area contributed by atoms with Gasteiger partial charge in [0.2, 0.25) is 0 Å². The number of halogens is 3. The number of aryl methyl sites for hydroxylation is 1. The van der Waals surface area contributed by atoms with Crippen LogP contribution >= 0.6 is 15.9 Å². The van der Waals surface area contributed by atoms with E-state index in [9.17, 15) is 8.78 Å². The van der Waals surface area contributed by atoms with E-state index >= 15 is 0 Å². The van der Waals surface area contributed by atoms with E-state index in [1.807, 2.05) is 31.2 Å². The van der Waals surface area contributed by atoms with Crippen LogP contribution in [0.5, 0.6) is 0 Å². The molecule has 0 heterocycles. The summed E-state index contributed by atoms with van der Waals surface area (Å²) in [7, 11) is 0. The van der Waals surface area contributed by atoms with Gasteiger partial charge in [0.25, 0.3) is 0 Å². The number of anilines is 1. The smallest absolute Gasteiger partial charge is 0.146 e. The molecule has 1 nitrogen and oxygen atoms in total. The standard InChI is InChI=1S/C16H16BrF2N/c1-3-15(11-5-4-6-12(17)8-11)20-16-9-13(18)10(2)7-14(16)19/h4-9,15,20H,3H2,1-2H3. The molecule has 0 bridgehead atoms. The summed E-state index contributed by atoms with van der Waals surface area (Å²) in [5.74, 6) is -0.838. The Balaban J connectivity index is 2.29. The highest BCUT2D eigenvalue weighted by molar-refractivity contribution is 9.10. The third-order valence-corrected chi connectivity index (χ3v) is 3.73. The third kappa shape index (κ3) is 3.37. The van der Waals surface area contributed by atoms with Gasteiger partial charge in [-0.05, 0) is 42.7 Å². The Labute approximate surface area is 126 Å². The summed E-state index contributed by atoms with van der Waals surface area (Å²) in [6.45, 7) is 3.55. The molecule has 0 radical (unpaired) electrons. The van der Waals surface area contributed by atoms with Crippen LogP contribution in [0, 0.1) is 18.6 Å². The van der Waals surface area contributed by atoms with Crippen molar-refractivity contribution in [2.24, 2.45) is 0 Å². The van der Waals surface area contributed by atoms with Crippen molar-refractivity contribution >= 4 is 21.6 Å². The van der Waals surface area contributed by atoms with Gasteiger partial charge < -0.3 is 5.32 Å². The first kappa shape index (κ1) is 15.0. The monoisotopic (exact) mass is 339 g/mol. The SMILES string of the molecule is CCC(Nc1cc(F)c(C)cc1F)c1cccc(Br)c1. The normalized spacial score (nSPS) is 12.2. The Morgan fingerprint density at radius 1 is 1.15 bits per heavy atom. The molecule has 2 rings (SSSR count). The Morgan fingerprint density at radius 2 is 1.90 bits per heavy atom. The van der Waals surface area contributed by atoms with E-state index in [0.29, 0.717) is 5.56 Å². The first-order valence-corrected chi connectivity index (χ1v) is 7.28. The number of nitrogens with one attached hydrogen (secondary N) is 1. The molecule has 2 aromatic carbocycles. The van der Waals surface area contributed by atoms with Crippen LogP contribution in [0.4, 0.5) is 14.5 Å². The van der Waals surface area contributed by atoms with E-state index in [1.54, 1.807) is 6.92 Å². The minimum absolute atomic E-state index is 0.0656. The lowest BCUT2D eigenvalue weighted by atomic mass is 10.0. The molecular weight excluding hydrogens is 324 g/mol. The van der Waals surface area contributed by atoms with E-state index < -0.39 is 11.6 Å². The zero-order valence-corrected chi connectivity index (χ0v) is 13.0. The van der Waals surface area contributed by atoms with Crippen LogP contribution in [-0.4, -0.2) is 0 Å². The average Bonchev–Trinajstić information content (AvgIpc) is 2.41. The molecule has 20 heavy (non-hydrogen) atoms. The average molecular weight is 340 g/mol. The molecule has 1 unspecified atom stereocenters. The van der Waals surface area contributed by atoms with E-state index in [1.165, 1.54) is 12.1 Å². The molecular formula is C16H16BrF2N. The van der Waals surface area contributed by atoms with Gasteiger partial charge in [-0.3, -0.25) is 0 Å². The predicted molar refractivity (Wildman–Crippen MR) is 81.9 cm³/mol. The van der Waals surface area contributed by atoms with Crippen molar-refractivity contribution in [3.63, 3.8) is 0 Å². The second-order valence-corrected chi connectivity index (χ2v) is 5.66. The van der Waals surface area contributed by atoms with Crippen molar-refractivity contribution in [3.8, 4) is 0 Å². The fourth-order valence-corrected chi connectivity index (χ4v) is 2.51. The molecule has 106 valence electrons. The lowest BCUT2D eigenvalue weighted by Crippen LogP contribution is -2.11. The summed E-state index contributed by atoms with van der Waals surface area (Å²) >= 11 is 3.42. The second kappa shape index (κ2) is 6.35. The van der Waals surface area contributed by atoms with E-state index in [4.69, 9.17) is 0 Å². The lowest BCUT2D eigenvalue weighted by Gasteiger charge is -2.20. The van der Waals surface area contributed by atoms with Crippen molar-refractivity contribution in [1.82, 2.24) is 0 Å².